The lowest BCUT2D eigenvalue weighted by Crippen LogP contribution is -2.36. The molecule has 5 heteroatoms. The lowest BCUT2D eigenvalue weighted by molar-refractivity contribution is -0.118. The van der Waals surface area contributed by atoms with Crippen LogP contribution in [0.25, 0.3) is 0 Å². The van der Waals surface area contributed by atoms with Crippen molar-refractivity contribution in [3.05, 3.63) is 23.2 Å². The van der Waals surface area contributed by atoms with Gasteiger partial charge in [-0.1, -0.05) is 18.0 Å². The molecule has 0 aromatic heterocycles. The molecule has 1 amide bonds. The summed E-state index contributed by atoms with van der Waals surface area (Å²) in [5, 5.41) is 0.650. The maximum atomic E-state index is 12.4. The molecule has 1 aromatic carbocycles. The van der Waals surface area contributed by atoms with E-state index in [1.165, 1.54) is 6.42 Å². The maximum absolute atomic E-state index is 12.4. The van der Waals surface area contributed by atoms with Gasteiger partial charge < -0.3 is 10.6 Å². The van der Waals surface area contributed by atoms with Crippen LogP contribution in [0.2, 0.25) is 5.02 Å². The highest BCUT2D eigenvalue weighted by Gasteiger charge is 2.26. The number of anilines is 2. The van der Waals surface area contributed by atoms with Crippen LogP contribution in [0.1, 0.15) is 19.3 Å². The van der Waals surface area contributed by atoms with E-state index in [2.05, 4.69) is 0 Å². The smallest absolute Gasteiger partial charge is 0.239 e. The quantitative estimate of drug-likeness (QED) is 0.849. The highest BCUT2D eigenvalue weighted by atomic mass is 35.5. The highest BCUT2D eigenvalue weighted by Crippen LogP contribution is 2.31. The van der Waals surface area contributed by atoms with Gasteiger partial charge >= 0.3 is 0 Å². The summed E-state index contributed by atoms with van der Waals surface area (Å²) in [7, 11) is 1.76. The molecule has 1 atom stereocenters. The van der Waals surface area contributed by atoms with E-state index in [4.69, 9.17) is 17.3 Å². The van der Waals surface area contributed by atoms with Crippen LogP contribution >= 0.6 is 23.4 Å². The van der Waals surface area contributed by atoms with Crippen molar-refractivity contribution in [3.63, 3.8) is 0 Å². The third kappa shape index (κ3) is 2.93. The van der Waals surface area contributed by atoms with Gasteiger partial charge in [0.2, 0.25) is 5.91 Å². The number of nitrogens with zero attached hydrogens (tertiary/aromatic N) is 1. The van der Waals surface area contributed by atoms with Crippen molar-refractivity contribution in [1.29, 1.82) is 0 Å². The van der Waals surface area contributed by atoms with Crippen LogP contribution in [0.3, 0.4) is 0 Å². The summed E-state index contributed by atoms with van der Waals surface area (Å²) < 4.78 is 0. The number of hydrogen-bond donors (Lipinski definition) is 1. The van der Waals surface area contributed by atoms with Gasteiger partial charge in [0, 0.05) is 12.1 Å². The predicted molar refractivity (Wildman–Crippen MR) is 79.4 cm³/mol. The first-order valence-corrected chi connectivity index (χ1v) is 7.46. The fourth-order valence-corrected chi connectivity index (χ4v) is 3.53. The Labute approximate surface area is 117 Å². The van der Waals surface area contributed by atoms with Crippen LogP contribution in [-0.2, 0) is 4.79 Å². The first-order valence-electron chi connectivity index (χ1n) is 6.04. The van der Waals surface area contributed by atoms with E-state index in [-0.39, 0.29) is 11.2 Å². The molecule has 1 aliphatic heterocycles. The molecule has 0 spiro atoms. The molecular formula is C13H17ClN2OS. The minimum atomic E-state index is 0.0575. The summed E-state index contributed by atoms with van der Waals surface area (Å²) >= 11 is 7.69. The Hall–Kier alpha value is -0.870. The van der Waals surface area contributed by atoms with Gasteiger partial charge in [0.05, 0.1) is 16.6 Å². The van der Waals surface area contributed by atoms with E-state index >= 15 is 0 Å². The first kappa shape index (κ1) is 13.6. The molecule has 0 saturated carbocycles. The first-order chi connectivity index (χ1) is 8.59. The summed E-state index contributed by atoms with van der Waals surface area (Å²) in [5.74, 6) is 1.18. The molecule has 0 radical (unpaired) electrons. The zero-order valence-corrected chi connectivity index (χ0v) is 11.9. The van der Waals surface area contributed by atoms with E-state index in [9.17, 15) is 4.79 Å². The Morgan fingerprint density at radius 3 is 2.94 bits per heavy atom. The second kappa shape index (κ2) is 5.85. The molecule has 0 aliphatic carbocycles. The summed E-state index contributed by atoms with van der Waals surface area (Å²) in [6, 6.07) is 5.20. The van der Waals surface area contributed by atoms with Crippen molar-refractivity contribution in [2.24, 2.45) is 0 Å². The number of carbonyl (C=O) groups excluding carboxylic acids is 1. The second-order valence-electron chi connectivity index (χ2n) is 4.46. The van der Waals surface area contributed by atoms with Crippen LogP contribution in [-0.4, -0.2) is 24.0 Å². The summed E-state index contributed by atoms with van der Waals surface area (Å²) in [6.45, 7) is 0. The van der Waals surface area contributed by atoms with E-state index < -0.39 is 0 Å². The van der Waals surface area contributed by atoms with Crippen LogP contribution < -0.4 is 10.6 Å². The Bertz CT molecular complexity index is 447. The molecule has 1 aromatic rings. The summed E-state index contributed by atoms with van der Waals surface area (Å²) in [4.78, 5) is 14.0. The molecule has 0 bridgehead atoms. The van der Waals surface area contributed by atoms with Crippen molar-refractivity contribution in [2.75, 3.05) is 23.4 Å². The van der Waals surface area contributed by atoms with Gasteiger partial charge in [0.15, 0.2) is 0 Å². The van der Waals surface area contributed by atoms with Gasteiger partial charge in [-0.3, -0.25) is 4.79 Å². The summed E-state index contributed by atoms with van der Waals surface area (Å²) in [6.07, 6.45) is 3.29. The Morgan fingerprint density at radius 1 is 1.50 bits per heavy atom. The number of nitrogen functional groups attached to an aromatic ring is 1. The molecule has 18 heavy (non-hydrogen) atoms. The predicted octanol–water partition coefficient (Wildman–Crippen LogP) is 3.17. The fourth-order valence-electron chi connectivity index (χ4n) is 2.08. The molecule has 98 valence electrons. The van der Waals surface area contributed by atoms with Gasteiger partial charge in [-0.2, -0.15) is 0 Å². The van der Waals surface area contributed by atoms with E-state index in [1.54, 1.807) is 41.9 Å². The van der Waals surface area contributed by atoms with Gasteiger partial charge in [-0.05, 0) is 36.8 Å². The Kier molecular flexibility index (Phi) is 4.40. The SMILES string of the molecule is CN(C(=O)C1CCCCS1)c1cc(Cl)ccc1N. The number of rotatable bonds is 2. The number of halogens is 1. The standard InChI is InChI=1S/C13H17ClN2OS/c1-16(11-8-9(14)5-6-10(11)15)13(17)12-4-2-3-7-18-12/h5-6,8,12H,2-4,7,15H2,1H3. The molecule has 1 fully saturated rings. The minimum Gasteiger partial charge on any atom is -0.397 e. The number of amides is 1. The minimum absolute atomic E-state index is 0.0575. The van der Waals surface area contributed by atoms with Crippen molar-refractivity contribution < 1.29 is 4.79 Å². The molecule has 1 heterocycles. The van der Waals surface area contributed by atoms with Crippen molar-refractivity contribution in [1.82, 2.24) is 0 Å². The normalized spacial score (nSPS) is 19.6. The third-order valence-corrected chi connectivity index (χ3v) is 4.74. The molecule has 1 saturated heterocycles. The lowest BCUT2D eigenvalue weighted by atomic mass is 10.1. The Balaban J connectivity index is 2.16. The number of nitrogens with two attached hydrogens (primary N) is 1. The average Bonchev–Trinajstić information content (AvgIpc) is 2.41. The van der Waals surface area contributed by atoms with Crippen LogP contribution in [0.4, 0.5) is 11.4 Å². The molecule has 2 rings (SSSR count). The maximum Gasteiger partial charge on any atom is 0.239 e. The van der Waals surface area contributed by atoms with Crippen molar-refractivity contribution in [2.45, 2.75) is 24.5 Å². The van der Waals surface area contributed by atoms with Crippen molar-refractivity contribution in [3.8, 4) is 0 Å². The fraction of sp³-hybridized carbons (Fsp3) is 0.462. The monoisotopic (exact) mass is 284 g/mol. The van der Waals surface area contributed by atoms with Gasteiger partial charge in [-0.25, -0.2) is 0 Å². The number of thioether (sulfide) groups is 1. The number of carbonyl (C=O) groups is 1. The number of benzene rings is 1. The summed E-state index contributed by atoms with van der Waals surface area (Å²) in [5.41, 5.74) is 7.17. The number of hydrogen-bond acceptors (Lipinski definition) is 3. The van der Waals surface area contributed by atoms with E-state index in [0.29, 0.717) is 16.4 Å². The largest absolute Gasteiger partial charge is 0.397 e. The van der Waals surface area contributed by atoms with Gasteiger partial charge in [0.1, 0.15) is 0 Å². The van der Waals surface area contributed by atoms with Crippen molar-refractivity contribution >= 4 is 40.6 Å². The molecule has 3 nitrogen and oxygen atoms in total. The zero-order chi connectivity index (χ0) is 13.1. The van der Waals surface area contributed by atoms with Crippen LogP contribution in [0.5, 0.6) is 0 Å². The van der Waals surface area contributed by atoms with Gasteiger partial charge in [-0.15, -0.1) is 11.8 Å². The van der Waals surface area contributed by atoms with Gasteiger partial charge in [0.25, 0.3) is 0 Å². The molecule has 1 unspecified atom stereocenters. The van der Waals surface area contributed by atoms with E-state index in [1.807, 2.05) is 0 Å². The second-order valence-corrected chi connectivity index (χ2v) is 6.20. The van der Waals surface area contributed by atoms with Crippen LogP contribution in [0, 0.1) is 0 Å². The molecular weight excluding hydrogens is 268 g/mol. The molecule has 1 aliphatic rings. The zero-order valence-electron chi connectivity index (χ0n) is 10.4. The average molecular weight is 285 g/mol. The molecule has 2 N–H and O–H groups in total. The van der Waals surface area contributed by atoms with Crippen LogP contribution in [0.15, 0.2) is 18.2 Å². The third-order valence-electron chi connectivity index (χ3n) is 3.14. The van der Waals surface area contributed by atoms with E-state index in [0.717, 1.165) is 18.6 Å². The Morgan fingerprint density at radius 2 is 2.28 bits per heavy atom. The highest BCUT2D eigenvalue weighted by molar-refractivity contribution is 8.00. The topological polar surface area (TPSA) is 46.3 Å². The lowest BCUT2D eigenvalue weighted by Gasteiger charge is -2.27.